The summed E-state index contributed by atoms with van der Waals surface area (Å²) in [6.07, 6.45) is 5.27. The second-order valence-electron chi connectivity index (χ2n) is 9.31. The Kier molecular flexibility index (Phi) is 11.0. The average Bonchev–Trinajstić information content (AvgIpc) is 3.72. The summed E-state index contributed by atoms with van der Waals surface area (Å²) in [7, 11) is 0. The van der Waals surface area contributed by atoms with Gasteiger partial charge in [-0.05, 0) is 91.6 Å². The summed E-state index contributed by atoms with van der Waals surface area (Å²) < 4.78 is 22.2. The Morgan fingerprint density at radius 2 is 1.10 bits per heavy atom. The quantitative estimate of drug-likeness (QED) is 0.111. The lowest BCUT2D eigenvalue weighted by Gasteiger charge is -2.26. The summed E-state index contributed by atoms with van der Waals surface area (Å²) in [6, 6.07) is 33.6. The summed E-state index contributed by atoms with van der Waals surface area (Å²) in [5, 5.41) is 0. The van der Waals surface area contributed by atoms with Crippen LogP contribution >= 0.6 is 0 Å². The molecule has 0 saturated carbocycles. The molecule has 0 saturated heterocycles. The Labute approximate surface area is 237 Å². The number of nitrogens with zero attached hydrogens (tertiary/aromatic N) is 1. The van der Waals surface area contributed by atoms with Crippen molar-refractivity contribution in [3.63, 3.8) is 0 Å². The largest absolute Gasteiger partial charge is 0.467 e. The molecule has 0 aliphatic rings. The van der Waals surface area contributed by atoms with Gasteiger partial charge in [0.25, 0.3) is 0 Å². The molecule has 5 aromatic rings. The molecular weight excluding hydrogens is 498 g/mol. The number of rotatable bonds is 13. The minimum Gasteiger partial charge on any atom is -0.467 e. The first-order chi connectivity index (χ1) is 19.7. The van der Waals surface area contributed by atoms with E-state index in [0.717, 1.165) is 47.0 Å². The predicted molar refractivity (Wildman–Crippen MR) is 161 cm³/mol. The van der Waals surface area contributed by atoms with E-state index in [2.05, 4.69) is 97.8 Å². The molecule has 2 aromatic heterocycles. The lowest BCUT2D eigenvalue weighted by atomic mass is 10.1. The fraction of sp³-hybridized carbons (Fsp3) is 0.200. The molecule has 0 spiro atoms. The number of benzene rings is 3. The van der Waals surface area contributed by atoms with Crippen LogP contribution in [0.25, 0.3) is 0 Å². The van der Waals surface area contributed by atoms with Crippen LogP contribution in [0.1, 0.15) is 34.6 Å². The van der Waals surface area contributed by atoms with Crippen molar-refractivity contribution in [2.75, 3.05) is 11.5 Å². The second-order valence-corrected chi connectivity index (χ2v) is 9.31. The van der Waals surface area contributed by atoms with E-state index in [0.29, 0.717) is 26.4 Å². The van der Waals surface area contributed by atoms with Gasteiger partial charge in [-0.3, -0.25) is 0 Å². The maximum atomic E-state index is 5.81. The van der Waals surface area contributed by atoms with E-state index in [1.165, 1.54) is 11.1 Å². The van der Waals surface area contributed by atoms with Crippen LogP contribution in [0, 0.1) is 6.92 Å². The van der Waals surface area contributed by atoms with Crippen LogP contribution in [0.3, 0.4) is 0 Å². The Morgan fingerprint density at radius 3 is 1.62 bits per heavy atom. The van der Waals surface area contributed by atoms with Crippen molar-refractivity contribution in [3.8, 4) is 0 Å². The average molecular weight is 536 g/mol. The van der Waals surface area contributed by atoms with E-state index < -0.39 is 0 Å². The molecule has 0 aliphatic heterocycles. The van der Waals surface area contributed by atoms with Gasteiger partial charge in [0, 0.05) is 23.7 Å². The third-order valence-electron chi connectivity index (χ3n) is 6.35. The van der Waals surface area contributed by atoms with Crippen molar-refractivity contribution in [3.05, 3.63) is 151 Å². The Morgan fingerprint density at radius 1 is 0.600 bits per heavy atom. The summed E-state index contributed by atoms with van der Waals surface area (Å²) in [5.74, 6) is 1.69. The normalized spacial score (nSPS) is 10.6. The van der Waals surface area contributed by atoms with Crippen molar-refractivity contribution < 1.29 is 18.3 Å². The highest BCUT2D eigenvalue weighted by molar-refractivity contribution is 5.76. The van der Waals surface area contributed by atoms with Gasteiger partial charge in [0.05, 0.1) is 19.1 Å². The first kappa shape index (κ1) is 28.7. The van der Waals surface area contributed by atoms with Crippen molar-refractivity contribution in [2.24, 2.45) is 0 Å². The zero-order valence-corrected chi connectivity index (χ0v) is 23.1. The fourth-order valence-corrected chi connectivity index (χ4v) is 4.30. The van der Waals surface area contributed by atoms with Crippen LogP contribution in [0.5, 0.6) is 0 Å². The van der Waals surface area contributed by atoms with E-state index in [9.17, 15) is 0 Å². The molecule has 0 unspecified atom stereocenters. The van der Waals surface area contributed by atoms with Gasteiger partial charge in [-0.2, -0.15) is 0 Å². The van der Waals surface area contributed by atoms with E-state index >= 15 is 0 Å². The minimum absolute atomic E-state index is 0.465. The molecule has 5 heteroatoms. The molecule has 5 rings (SSSR count). The number of hydrogen-bond donors (Lipinski definition) is 0. The first-order valence-corrected chi connectivity index (χ1v) is 13.5. The predicted octanol–water partition coefficient (Wildman–Crippen LogP) is 9.32. The standard InChI is InChI=1S/C33H33NO4.C2H4/c1-26-8-14-29(15-9-26)34(31-18-12-28(13-19-31)23-36-25-33-7-4-22-38-33)30-16-10-27(11-17-30)5-2-20-35-24-32-6-3-21-37-32;1-2/h3-4,6-19,21-22H,2,5,20,23-25H2,1H3;1-2H2. The third-order valence-corrected chi connectivity index (χ3v) is 6.35. The molecule has 0 atom stereocenters. The molecule has 0 amide bonds. The smallest absolute Gasteiger partial charge is 0.129 e. The van der Waals surface area contributed by atoms with Crippen molar-refractivity contribution >= 4 is 17.1 Å². The van der Waals surface area contributed by atoms with E-state index in [-0.39, 0.29) is 0 Å². The summed E-state index contributed by atoms with van der Waals surface area (Å²) in [6.45, 7) is 10.3. The molecule has 0 radical (unpaired) electrons. The number of hydrogen-bond acceptors (Lipinski definition) is 5. The van der Waals surface area contributed by atoms with Gasteiger partial charge in [0.1, 0.15) is 24.7 Å². The third kappa shape index (κ3) is 8.34. The second kappa shape index (κ2) is 15.3. The van der Waals surface area contributed by atoms with Gasteiger partial charge >= 0.3 is 0 Å². The van der Waals surface area contributed by atoms with Crippen LogP contribution in [-0.2, 0) is 35.7 Å². The number of anilines is 3. The molecule has 0 bridgehead atoms. The van der Waals surface area contributed by atoms with E-state index in [4.69, 9.17) is 18.3 Å². The van der Waals surface area contributed by atoms with Gasteiger partial charge < -0.3 is 23.2 Å². The topological polar surface area (TPSA) is 48.0 Å². The van der Waals surface area contributed by atoms with Gasteiger partial charge in [-0.1, -0.05) is 42.0 Å². The van der Waals surface area contributed by atoms with Crippen LogP contribution in [0.4, 0.5) is 17.1 Å². The van der Waals surface area contributed by atoms with Gasteiger partial charge in [0.2, 0.25) is 0 Å². The molecule has 3 aromatic carbocycles. The first-order valence-electron chi connectivity index (χ1n) is 13.5. The number of aryl methyl sites for hydroxylation is 2. The van der Waals surface area contributed by atoms with E-state index in [1.807, 2.05) is 24.3 Å². The maximum absolute atomic E-state index is 5.81. The monoisotopic (exact) mass is 535 g/mol. The fourth-order valence-electron chi connectivity index (χ4n) is 4.30. The summed E-state index contributed by atoms with van der Waals surface area (Å²) >= 11 is 0. The zero-order chi connectivity index (χ0) is 28.0. The molecule has 0 N–H and O–H groups in total. The van der Waals surface area contributed by atoms with Gasteiger partial charge in [-0.25, -0.2) is 0 Å². The van der Waals surface area contributed by atoms with Crippen molar-refractivity contribution in [1.29, 1.82) is 0 Å². The molecule has 0 aliphatic carbocycles. The highest BCUT2D eigenvalue weighted by atomic mass is 16.5. The number of ether oxygens (including phenoxy) is 2. The molecule has 5 nitrogen and oxygen atoms in total. The lowest BCUT2D eigenvalue weighted by Crippen LogP contribution is -2.10. The highest BCUT2D eigenvalue weighted by Crippen LogP contribution is 2.35. The van der Waals surface area contributed by atoms with Gasteiger partial charge in [0.15, 0.2) is 0 Å². The minimum atomic E-state index is 0.465. The lowest BCUT2D eigenvalue weighted by molar-refractivity contribution is 0.0929. The van der Waals surface area contributed by atoms with Crippen LogP contribution in [0.2, 0.25) is 0 Å². The van der Waals surface area contributed by atoms with Crippen LogP contribution in [0.15, 0.2) is 132 Å². The van der Waals surface area contributed by atoms with Crippen LogP contribution in [-0.4, -0.2) is 6.61 Å². The van der Waals surface area contributed by atoms with E-state index in [1.54, 1.807) is 12.5 Å². The van der Waals surface area contributed by atoms with Crippen molar-refractivity contribution in [2.45, 2.75) is 39.6 Å². The Balaban J connectivity index is 0.00000181. The SMILES string of the molecule is C=C.Cc1ccc(N(c2ccc(CCCOCc3ccco3)cc2)c2ccc(COCc3ccco3)cc2)cc1. The number of furan rings is 2. The molecule has 0 fully saturated rings. The highest BCUT2D eigenvalue weighted by Gasteiger charge is 2.13. The summed E-state index contributed by atoms with van der Waals surface area (Å²) in [5.41, 5.74) is 6.99. The summed E-state index contributed by atoms with van der Waals surface area (Å²) in [4.78, 5) is 2.28. The van der Waals surface area contributed by atoms with Crippen LogP contribution < -0.4 is 4.90 Å². The van der Waals surface area contributed by atoms with Crippen molar-refractivity contribution in [1.82, 2.24) is 0 Å². The maximum Gasteiger partial charge on any atom is 0.129 e. The molecular formula is C35H37NO4. The van der Waals surface area contributed by atoms with Gasteiger partial charge in [-0.15, -0.1) is 13.2 Å². The molecule has 2 heterocycles. The Bertz CT molecular complexity index is 1360. The Hall–Kier alpha value is -4.32. The zero-order valence-electron chi connectivity index (χ0n) is 23.1. The molecule has 206 valence electrons. The molecule has 40 heavy (non-hydrogen) atoms.